The summed E-state index contributed by atoms with van der Waals surface area (Å²) in [6.45, 7) is 5.77. The van der Waals surface area contributed by atoms with E-state index < -0.39 is 0 Å². The van der Waals surface area contributed by atoms with Crippen LogP contribution < -0.4 is 17.0 Å². The molecule has 1 unspecified atom stereocenters. The molecule has 116 valence electrons. The predicted octanol–water partition coefficient (Wildman–Crippen LogP) is -0.991. The van der Waals surface area contributed by atoms with Gasteiger partial charge in [0.15, 0.2) is 6.17 Å². The molecule has 0 bridgehead atoms. The van der Waals surface area contributed by atoms with E-state index in [4.69, 9.17) is 0 Å². The number of hydrogen-bond acceptors (Lipinski definition) is 2. The van der Waals surface area contributed by atoms with Crippen molar-refractivity contribution in [1.82, 2.24) is 9.80 Å². The topological polar surface area (TPSA) is 9.49 Å². The minimum Gasteiger partial charge on any atom is -1.00 e. The second-order valence-corrected chi connectivity index (χ2v) is 6.11. The molecule has 1 atom stereocenters. The minimum absolute atomic E-state index is 0. The average molecular weight is 352 g/mol. The Balaban J connectivity index is 0.00000161. The minimum atomic E-state index is 0. The molecule has 2 heterocycles. The molecule has 4 heteroatoms. The Labute approximate surface area is 139 Å². The van der Waals surface area contributed by atoms with E-state index in [0.717, 1.165) is 13.0 Å². The molecule has 1 aromatic rings. The van der Waals surface area contributed by atoms with Gasteiger partial charge in [0.05, 0.1) is 25.2 Å². The Morgan fingerprint density at radius 3 is 2.48 bits per heavy atom. The first kappa shape index (κ1) is 16.5. The molecule has 1 aromatic carbocycles. The summed E-state index contributed by atoms with van der Waals surface area (Å²) in [6, 6.07) is 8.96. The third-order valence-electron chi connectivity index (χ3n) is 4.63. The normalized spacial score (nSPS) is 21.5. The fraction of sp³-hybridized carbons (Fsp3) is 0.588. The van der Waals surface area contributed by atoms with Crippen LogP contribution in [-0.4, -0.2) is 60.1 Å². The molecule has 0 radical (unpaired) electrons. The van der Waals surface area contributed by atoms with Crippen molar-refractivity contribution in [2.75, 3.05) is 33.7 Å². The van der Waals surface area contributed by atoms with Crippen molar-refractivity contribution in [2.24, 2.45) is 0 Å². The van der Waals surface area contributed by atoms with Gasteiger partial charge in [-0.25, -0.2) is 4.58 Å². The number of amidine groups is 1. The van der Waals surface area contributed by atoms with E-state index in [1.807, 2.05) is 0 Å². The van der Waals surface area contributed by atoms with Crippen LogP contribution in [0.2, 0.25) is 0 Å². The van der Waals surface area contributed by atoms with Gasteiger partial charge in [-0.3, -0.25) is 9.80 Å². The molecule has 0 aromatic heterocycles. The van der Waals surface area contributed by atoms with Crippen LogP contribution >= 0.6 is 0 Å². The summed E-state index contributed by atoms with van der Waals surface area (Å²) in [5.74, 6) is 1.46. The number of nitrogens with zero attached hydrogens (tertiary/aromatic N) is 3. The van der Waals surface area contributed by atoms with Crippen LogP contribution in [0.25, 0.3) is 0 Å². The molecule has 0 aliphatic carbocycles. The van der Waals surface area contributed by atoms with Gasteiger partial charge in [-0.2, -0.15) is 0 Å². The van der Waals surface area contributed by atoms with E-state index in [2.05, 4.69) is 59.7 Å². The quantitative estimate of drug-likeness (QED) is 0.633. The van der Waals surface area contributed by atoms with Crippen molar-refractivity contribution in [3.63, 3.8) is 0 Å². The van der Waals surface area contributed by atoms with Crippen LogP contribution in [0.1, 0.15) is 30.9 Å². The molecule has 0 N–H and O–H groups in total. The molecular weight excluding hydrogens is 326 g/mol. The fourth-order valence-corrected chi connectivity index (χ4v) is 3.62. The van der Waals surface area contributed by atoms with Gasteiger partial charge in [0, 0.05) is 6.42 Å². The molecule has 2 aliphatic rings. The van der Waals surface area contributed by atoms with Gasteiger partial charge < -0.3 is 17.0 Å². The highest BCUT2D eigenvalue weighted by Gasteiger charge is 2.36. The smallest absolute Gasteiger partial charge is 0.280 e. The molecule has 2 aliphatic heterocycles. The van der Waals surface area contributed by atoms with Gasteiger partial charge in [0.2, 0.25) is 0 Å². The second kappa shape index (κ2) is 6.93. The third kappa shape index (κ3) is 3.02. The van der Waals surface area contributed by atoms with Crippen molar-refractivity contribution in [1.29, 1.82) is 0 Å². The molecule has 3 rings (SSSR count). The van der Waals surface area contributed by atoms with Crippen LogP contribution in [0.4, 0.5) is 0 Å². The first-order valence-electron chi connectivity index (χ1n) is 7.85. The van der Waals surface area contributed by atoms with Crippen molar-refractivity contribution in [3.05, 3.63) is 35.4 Å². The predicted molar refractivity (Wildman–Crippen MR) is 83.3 cm³/mol. The van der Waals surface area contributed by atoms with Gasteiger partial charge in [0.1, 0.15) is 0 Å². The Morgan fingerprint density at radius 1 is 1.19 bits per heavy atom. The number of benzene rings is 1. The summed E-state index contributed by atoms with van der Waals surface area (Å²) in [6.07, 6.45) is 4.26. The highest BCUT2D eigenvalue weighted by molar-refractivity contribution is 5.97. The summed E-state index contributed by atoms with van der Waals surface area (Å²) >= 11 is 0. The lowest BCUT2D eigenvalue weighted by Crippen LogP contribution is -3.00. The molecule has 0 spiro atoms. The summed E-state index contributed by atoms with van der Waals surface area (Å²) < 4.78 is 2.59. The molecule has 0 saturated carbocycles. The lowest BCUT2D eigenvalue weighted by molar-refractivity contribution is -0.590. The molecule has 21 heavy (non-hydrogen) atoms. The standard InChI is InChI=1S/C17H26N3.BrH/c1-4-20-16(18(2)3)13-14-9-5-6-10-15(14)17(20)19-11-7-8-12-19;/h5-6,9-10,16H,4,7-8,11-13H2,1-3H3;1H/q+1;/p-1. The first-order valence-corrected chi connectivity index (χ1v) is 7.85. The zero-order valence-electron chi connectivity index (χ0n) is 13.3. The van der Waals surface area contributed by atoms with Crippen LogP contribution in [0.3, 0.4) is 0 Å². The Hall–Kier alpha value is -0.870. The summed E-state index contributed by atoms with van der Waals surface area (Å²) in [5, 5.41) is 0. The van der Waals surface area contributed by atoms with Crippen molar-refractivity contribution in [2.45, 2.75) is 32.4 Å². The number of halogens is 1. The van der Waals surface area contributed by atoms with E-state index in [1.165, 1.54) is 42.9 Å². The SMILES string of the molecule is CC[N+]1=C(N2CCCC2)c2ccccc2CC1N(C)C.[Br-]. The average Bonchev–Trinajstić information content (AvgIpc) is 2.98. The first-order chi connectivity index (χ1) is 9.72. The highest BCUT2D eigenvalue weighted by Crippen LogP contribution is 2.24. The zero-order chi connectivity index (χ0) is 14.1. The highest BCUT2D eigenvalue weighted by atomic mass is 79.9. The molecule has 0 amide bonds. The van der Waals surface area contributed by atoms with E-state index in [0.29, 0.717) is 6.17 Å². The van der Waals surface area contributed by atoms with Crippen molar-refractivity contribution in [3.8, 4) is 0 Å². The van der Waals surface area contributed by atoms with Crippen molar-refractivity contribution < 1.29 is 21.6 Å². The Morgan fingerprint density at radius 2 is 1.86 bits per heavy atom. The second-order valence-electron chi connectivity index (χ2n) is 6.11. The maximum atomic E-state index is 2.60. The number of rotatable bonds is 2. The number of hydrogen-bond donors (Lipinski definition) is 0. The van der Waals surface area contributed by atoms with Gasteiger partial charge in [-0.05, 0) is 45.5 Å². The number of fused-ring (bicyclic) bond motifs is 1. The van der Waals surface area contributed by atoms with Crippen LogP contribution in [0.5, 0.6) is 0 Å². The lowest BCUT2D eigenvalue weighted by Gasteiger charge is -2.33. The Bertz CT molecular complexity index is 519. The maximum Gasteiger partial charge on any atom is 0.280 e. The largest absolute Gasteiger partial charge is 1.00 e. The summed E-state index contributed by atoms with van der Waals surface area (Å²) in [4.78, 5) is 4.95. The number of likely N-dealkylation sites (tertiary alicyclic amines) is 1. The molecular formula is C17H26BrN3. The molecule has 3 nitrogen and oxygen atoms in total. The van der Waals surface area contributed by atoms with Crippen LogP contribution in [-0.2, 0) is 6.42 Å². The van der Waals surface area contributed by atoms with E-state index in [1.54, 1.807) is 0 Å². The third-order valence-corrected chi connectivity index (χ3v) is 4.63. The van der Waals surface area contributed by atoms with Gasteiger partial charge in [0.25, 0.3) is 5.84 Å². The van der Waals surface area contributed by atoms with Crippen LogP contribution in [0, 0.1) is 0 Å². The van der Waals surface area contributed by atoms with Gasteiger partial charge in [-0.15, -0.1) is 0 Å². The van der Waals surface area contributed by atoms with E-state index >= 15 is 0 Å². The van der Waals surface area contributed by atoms with E-state index in [9.17, 15) is 0 Å². The van der Waals surface area contributed by atoms with Crippen LogP contribution in [0.15, 0.2) is 24.3 Å². The van der Waals surface area contributed by atoms with Crippen molar-refractivity contribution >= 4 is 5.84 Å². The summed E-state index contributed by atoms with van der Waals surface area (Å²) in [5.41, 5.74) is 2.95. The Kier molecular flexibility index (Phi) is 5.44. The molecule has 1 saturated heterocycles. The lowest BCUT2D eigenvalue weighted by atomic mass is 9.97. The zero-order valence-corrected chi connectivity index (χ0v) is 14.9. The maximum absolute atomic E-state index is 2.60. The fourth-order valence-electron chi connectivity index (χ4n) is 3.62. The summed E-state index contributed by atoms with van der Waals surface area (Å²) in [7, 11) is 4.39. The number of likely N-dealkylation sites (N-methyl/N-ethyl adjacent to an activating group) is 2. The monoisotopic (exact) mass is 351 g/mol. The van der Waals surface area contributed by atoms with Gasteiger partial charge in [-0.1, -0.05) is 18.2 Å². The van der Waals surface area contributed by atoms with Gasteiger partial charge >= 0.3 is 0 Å². The molecule has 1 fully saturated rings. The van der Waals surface area contributed by atoms with E-state index in [-0.39, 0.29) is 17.0 Å².